The molecule has 2 rings (SSSR count). The monoisotopic (exact) mass is 382 g/mol. The molecule has 152 valence electrons. The number of nitrogens with one attached hydrogen (secondary N) is 2. The van der Waals surface area contributed by atoms with Crippen LogP contribution in [0.5, 0.6) is 0 Å². The molecule has 0 aliphatic carbocycles. The number of benzene rings is 2. The maximum Gasteiger partial charge on any atom is 0.191 e. The molecule has 0 saturated carbocycles. The molecule has 0 aromatic heterocycles. The highest BCUT2D eigenvalue weighted by atomic mass is 16.5. The van der Waals surface area contributed by atoms with Gasteiger partial charge in [0.25, 0.3) is 0 Å². The standard InChI is InChI=1S/C23H34N4O/c1-19(22-12-6-5-7-13-22)28-15-9-14-25-23(24-2)26-17-20-10-8-11-21(16-20)18-27(3)4/h5-8,10-13,16,19H,9,14-15,17-18H2,1-4H3,(H2,24,25,26). The SMILES string of the molecule is CN=C(NCCCOC(C)c1ccccc1)NCc1cccc(CN(C)C)c1. The van der Waals surface area contributed by atoms with Gasteiger partial charge in [0.2, 0.25) is 0 Å². The van der Waals surface area contributed by atoms with E-state index in [1.807, 2.05) is 18.2 Å². The molecule has 0 aliphatic heterocycles. The Morgan fingerprint density at radius 1 is 1.04 bits per heavy atom. The van der Waals surface area contributed by atoms with Gasteiger partial charge < -0.3 is 20.3 Å². The van der Waals surface area contributed by atoms with Crippen LogP contribution in [-0.2, 0) is 17.8 Å². The number of aliphatic imine (C=N–C) groups is 1. The molecule has 28 heavy (non-hydrogen) atoms. The minimum atomic E-state index is 0.119. The third-order valence-electron chi connectivity index (χ3n) is 4.42. The summed E-state index contributed by atoms with van der Waals surface area (Å²) in [7, 11) is 5.97. The second kappa shape index (κ2) is 12.2. The Morgan fingerprint density at radius 2 is 1.79 bits per heavy atom. The van der Waals surface area contributed by atoms with Gasteiger partial charge in [-0.2, -0.15) is 0 Å². The lowest BCUT2D eigenvalue weighted by atomic mass is 10.1. The minimum Gasteiger partial charge on any atom is -0.374 e. The molecule has 0 fully saturated rings. The molecule has 2 aromatic rings. The Kier molecular flexibility index (Phi) is 9.52. The van der Waals surface area contributed by atoms with E-state index in [1.54, 1.807) is 7.05 Å². The van der Waals surface area contributed by atoms with Crippen molar-refractivity contribution in [3.05, 3.63) is 71.3 Å². The zero-order valence-corrected chi connectivity index (χ0v) is 17.6. The fraction of sp³-hybridized carbons (Fsp3) is 0.435. The van der Waals surface area contributed by atoms with Crippen LogP contribution in [0.1, 0.15) is 36.1 Å². The Hall–Kier alpha value is -2.37. The van der Waals surface area contributed by atoms with Crippen LogP contribution < -0.4 is 10.6 Å². The van der Waals surface area contributed by atoms with Crippen LogP contribution in [0.25, 0.3) is 0 Å². The van der Waals surface area contributed by atoms with Gasteiger partial charge in [0.15, 0.2) is 5.96 Å². The first-order chi connectivity index (χ1) is 13.6. The molecule has 2 N–H and O–H groups in total. The van der Waals surface area contributed by atoms with Crippen molar-refractivity contribution in [3.63, 3.8) is 0 Å². The summed E-state index contributed by atoms with van der Waals surface area (Å²) in [6.45, 7) is 5.33. The van der Waals surface area contributed by atoms with E-state index >= 15 is 0 Å². The van der Waals surface area contributed by atoms with Crippen molar-refractivity contribution in [2.45, 2.75) is 32.5 Å². The van der Waals surface area contributed by atoms with Crippen molar-refractivity contribution in [1.29, 1.82) is 0 Å². The average Bonchev–Trinajstić information content (AvgIpc) is 2.70. The van der Waals surface area contributed by atoms with Gasteiger partial charge in [-0.3, -0.25) is 4.99 Å². The van der Waals surface area contributed by atoms with Crippen molar-refractivity contribution >= 4 is 5.96 Å². The van der Waals surface area contributed by atoms with Crippen LogP contribution in [0, 0.1) is 0 Å². The maximum atomic E-state index is 5.91. The summed E-state index contributed by atoms with van der Waals surface area (Å²) in [6.07, 6.45) is 1.05. The molecule has 2 aromatic carbocycles. The largest absolute Gasteiger partial charge is 0.374 e. The van der Waals surface area contributed by atoms with Gasteiger partial charge in [-0.1, -0.05) is 54.6 Å². The van der Waals surface area contributed by atoms with Crippen molar-refractivity contribution in [1.82, 2.24) is 15.5 Å². The Labute approximate surface area is 169 Å². The number of rotatable bonds is 10. The van der Waals surface area contributed by atoms with Crippen molar-refractivity contribution < 1.29 is 4.74 Å². The molecule has 0 radical (unpaired) electrons. The fourth-order valence-corrected chi connectivity index (χ4v) is 2.97. The van der Waals surface area contributed by atoms with E-state index < -0.39 is 0 Å². The van der Waals surface area contributed by atoms with Crippen molar-refractivity contribution in [2.75, 3.05) is 34.3 Å². The van der Waals surface area contributed by atoms with Gasteiger partial charge in [0.1, 0.15) is 0 Å². The molecule has 1 unspecified atom stereocenters. The van der Waals surface area contributed by atoms with E-state index in [-0.39, 0.29) is 6.10 Å². The van der Waals surface area contributed by atoms with Gasteiger partial charge in [0.05, 0.1) is 6.10 Å². The van der Waals surface area contributed by atoms with E-state index in [0.717, 1.165) is 32.0 Å². The van der Waals surface area contributed by atoms with E-state index in [1.165, 1.54) is 16.7 Å². The van der Waals surface area contributed by atoms with Crippen LogP contribution in [0.3, 0.4) is 0 Å². The van der Waals surface area contributed by atoms with Gasteiger partial charge in [-0.15, -0.1) is 0 Å². The predicted molar refractivity (Wildman–Crippen MR) is 117 cm³/mol. The predicted octanol–water partition coefficient (Wildman–Crippen LogP) is 3.58. The molecule has 5 nitrogen and oxygen atoms in total. The minimum absolute atomic E-state index is 0.119. The lowest BCUT2D eigenvalue weighted by Gasteiger charge is -2.15. The van der Waals surface area contributed by atoms with E-state index in [9.17, 15) is 0 Å². The fourth-order valence-electron chi connectivity index (χ4n) is 2.97. The molecule has 0 aliphatic rings. The molecule has 0 saturated heterocycles. The van der Waals surface area contributed by atoms with Crippen LogP contribution in [0.4, 0.5) is 0 Å². The van der Waals surface area contributed by atoms with Crippen LogP contribution in [0.2, 0.25) is 0 Å². The molecule has 0 bridgehead atoms. The molecule has 0 spiro atoms. The summed E-state index contributed by atoms with van der Waals surface area (Å²) in [5.74, 6) is 0.814. The Morgan fingerprint density at radius 3 is 2.50 bits per heavy atom. The first-order valence-electron chi connectivity index (χ1n) is 9.92. The molecular weight excluding hydrogens is 348 g/mol. The van der Waals surface area contributed by atoms with Gasteiger partial charge in [-0.05, 0) is 44.1 Å². The lowest BCUT2D eigenvalue weighted by Crippen LogP contribution is -2.37. The lowest BCUT2D eigenvalue weighted by molar-refractivity contribution is 0.0646. The summed E-state index contributed by atoms with van der Waals surface area (Å²) >= 11 is 0. The van der Waals surface area contributed by atoms with Gasteiger partial charge >= 0.3 is 0 Å². The van der Waals surface area contributed by atoms with Crippen LogP contribution in [-0.4, -0.2) is 45.2 Å². The zero-order chi connectivity index (χ0) is 20.2. The topological polar surface area (TPSA) is 48.9 Å². The van der Waals surface area contributed by atoms with Crippen molar-refractivity contribution in [3.8, 4) is 0 Å². The highest BCUT2D eigenvalue weighted by molar-refractivity contribution is 5.79. The number of nitrogens with zero attached hydrogens (tertiary/aromatic N) is 2. The quantitative estimate of drug-likeness (QED) is 0.375. The first kappa shape index (κ1) is 21.9. The second-order valence-electron chi connectivity index (χ2n) is 7.19. The molecular formula is C23H34N4O. The number of hydrogen-bond acceptors (Lipinski definition) is 3. The Bertz CT molecular complexity index is 716. The second-order valence-corrected chi connectivity index (χ2v) is 7.19. The van der Waals surface area contributed by atoms with Gasteiger partial charge in [-0.25, -0.2) is 0 Å². The first-order valence-corrected chi connectivity index (χ1v) is 9.92. The van der Waals surface area contributed by atoms with Gasteiger partial charge in [0, 0.05) is 33.3 Å². The number of guanidine groups is 1. The van der Waals surface area contributed by atoms with Crippen LogP contribution in [0.15, 0.2) is 59.6 Å². The van der Waals surface area contributed by atoms with E-state index in [2.05, 4.69) is 77.9 Å². The normalized spacial score (nSPS) is 12.8. The molecule has 5 heteroatoms. The zero-order valence-electron chi connectivity index (χ0n) is 17.6. The number of ether oxygens (including phenoxy) is 1. The number of hydrogen-bond donors (Lipinski definition) is 2. The molecule has 0 amide bonds. The summed E-state index contributed by atoms with van der Waals surface area (Å²) < 4.78 is 5.91. The summed E-state index contributed by atoms with van der Waals surface area (Å²) in [5.41, 5.74) is 3.78. The summed E-state index contributed by atoms with van der Waals surface area (Å²) in [4.78, 5) is 6.47. The van der Waals surface area contributed by atoms with E-state index in [4.69, 9.17) is 4.74 Å². The average molecular weight is 383 g/mol. The molecule has 0 heterocycles. The smallest absolute Gasteiger partial charge is 0.191 e. The highest BCUT2D eigenvalue weighted by Crippen LogP contribution is 2.15. The Balaban J connectivity index is 1.66. The summed E-state index contributed by atoms with van der Waals surface area (Å²) in [5, 5.41) is 6.73. The third kappa shape index (κ3) is 8.11. The molecule has 1 atom stereocenters. The maximum absolute atomic E-state index is 5.91. The van der Waals surface area contributed by atoms with Crippen molar-refractivity contribution in [2.24, 2.45) is 4.99 Å². The van der Waals surface area contributed by atoms with Crippen LogP contribution >= 0.6 is 0 Å². The third-order valence-corrected chi connectivity index (χ3v) is 4.42. The summed E-state index contributed by atoms with van der Waals surface area (Å²) in [6, 6.07) is 19.0. The highest BCUT2D eigenvalue weighted by Gasteiger charge is 2.05. The van der Waals surface area contributed by atoms with E-state index in [0.29, 0.717) is 6.61 Å².